The van der Waals surface area contributed by atoms with Crippen LogP contribution in [0.15, 0.2) is 24.3 Å². The molecule has 0 unspecified atom stereocenters. The molecule has 1 rings (SSSR count). The normalized spacial score (nSPS) is 10.7. The smallest absolute Gasteiger partial charge is 0.326 e. The van der Waals surface area contributed by atoms with Gasteiger partial charge in [0.15, 0.2) is 5.41 Å². The number of hydrogen-bond acceptors (Lipinski definition) is 6. The second-order valence-electron chi connectivity index (χ2n) is 4.51. The number of carbonyl (C=O) groups excluding carboxylic acids is 2. The highest BCUT2D eigenvalue weighted by Gasteiger charge is 2.45. The van der Waals surface area contributed by atoms with Crippen molar-refractivity contribution in [3.8, 4) is 11.5 Å². The second kappa shape index (κ2) is 7.52. The van der Waals surface area contributed by atoms with E-state index in [-0.39, 0.29) is 6.61 Å². The molecule has 0 aromatic heterocycles. The molecular weight excluding hydrogens is 276 g/mol. The molecule has 21 heavy (non-hydrogen) atoms. The van der Waals surface area contributed by atoms with Crippen molar-refractivity contribution in [2.75, 3.05) is 27.4 Å². The maximum atomic E-state index is 11.8. The number of hydrogen-bond donors (Lipinski definition) is 0. The third-order valence-electron chi connectivity index (χ3n) is 2.93. The van der Waals surface area contributed by atoms with Gasteiger partial charge in [-0.25, -0.2) is 0 Å². The summed E-state index contributed by atoms with van der Waals surface area (Å²) in [5.74, 6) is -0.188. The van der Waals surface area contributed by atoms with E-state index in [1.807, 2.05) is 6.92 Å². The van der Waals surface area contributed by atoms with Crippen molar-refractivity contribution in [3.63, 3.8) is 0 Å². The third-order valence-corrected chi connectivity index (χ3v) is 2.93. The Hall–Kier alpha value is -2.24. The molecule has 116 valence electrons. The van der Waals surface area contributed by atoms with Crippen LogP contribution in [-0.4, -0.2) is 39.4 Å². The van der Waals surface area contributed by atoms with Gasteiger partial charge >= 0.3 is 11.9 Å². The summed E-state index contributed by atoms with van der Waals surface area (Å²) >= 11 is 0. The Morgan fingerprint density at radius 3 is 1.76 bits per heavy atom. The SMILES string of the molecule is CCOc1ccc(OCC(C)(C(=O)OC)C(=O)OC)cc1. The van der Waals surface area contributed by atoms with Crippen LogP contribution >= 0.6 is 0 Å². The van der Waals surface area contributed by atoms with E-state index in [0.29, 0.717) is 18.1 Å². The average molecular weight is 296 g/mol. The summed E-state index contributed by atoms with van der Waals surface area (Å²) in [5, 5.41) is 0. The van der Waals surface area contributed by atoms with E-state index in [0.717, 1.165) is 0 Å². The fraction of sp³-hybridized carbons (Fsp3) is 0.467. The fourth-order valence-electron chi connectivity index (χ4n) is 1.68. The van der Waals surface area contributed by atoms with E-state index in [9.17, 15) is 9.59 Å². The van der Waals surface area contributed by atoms with Gasteiger partial charge in [-0.05, 0) is 38.1 Å². The van der Waals surface area contributed by atoms with E-state index in [2.05, 4.69) is 9.47 Å². The molecule has 0 aliphatic carbocycles. The van der Waals surface area contributed by atoms with Crippen molar-refractivity contribution < 1.29 is 28.5 Å². The Morgan fingerprint density at radius 2 is 1.38 bits per heavy atom. The summed E-state index contributed by atoms with van der Waals surface area (Å²) in [7, 11) is 2.42. The van der Waals surface area contributed by atoms with E-state index in [4.69, 9.17) is 9.47 Å². The molecule has 0 aliphatic rings. The Labute approximate surface area is 123 Å². The van der Waals surface area contributed by atoms with Gasteiger partial charge in [-0.2, -0.15) is 0 Å². The minimum absolute atomic E-state index is 0.180. The summed E-state index contributed by atoms with van der Waals surface area (Å²) in [6.45, 7) is 3.70. The summed E-state index contributed by atoms with van der Waals surface area (Å²) in [6.07, 6.45) is 0. The van der Waals surface area contributed by atoms with Crippen LogP contribution < -0.4 is 9.47 Å². The topological polar surface area (TPSA) is 71.1 Å². The summed E-state index contributed by atoms with van der Waals surface area (Å²) in [6, 6.07) is 6.87. The minimum atomic E-state index is -1.51. The number of ether oxygens (including phenoxy) is 4. The number of carbonyl (C=O) groups is 2. The van der Waals surface area contributed by atoms with Gasteiger partial charge in [-0.3, -0.25) is 9.59 Å². The first-order chi connectivity index (χ1) is 9.97. The molecule has 6 heteroatoms. The molecule has 0 saturated heterocycles. The van der Waals surface area contributed by atoms with Crippen molar-refractivity contribution in [2.24, 2.45) is 5.41 Å². The van der Waals surface area contributed by atoms with Crippen molar-refractivity contribution in [1.82, 2.24) is 0 Å². The van der Waals surface area contributed by atoms with Gasteiger partial charge in [0.2, 0.25) is 0 Å². The maximum absolute atomic E-state index is 11.8. The molecule has 0 spiro atoms. The molecular formula is C15H20O6. The molecule has 1 aromatic carbocycles. The molecule has 0 saturated carbocycles. The lowest BCUT2D eigenvalue weighted by atomic mass is 9.92. The average Bonchev–Trinajstić information content (AvgIpc) is 2.52. The lowest BCUT2D eigenvalue weighted by Gasteiger charge is -2.23. The lowest BCUT2D eigenvalue weighted by molar-refractivity contribution is -0.169. The zero-order valence-corrected chi connectivity index (χ0v) is 12.7. The number of methoxy groups -OCH3 is 2. The Bertz CT molecular complexity index is 463. The highest BCUT2D eigenvalue weighted by atomic mass is 16.6. The monoisotopic (exact) mass is 296 g/mol. The van der Waals surface area contributed by atoms with Gasteiger partial charge in [-0.1, -0.05) is 0 Å². The van der Waals surface area contributed by atoms with E-state index in [1.165, 1.54) is 21.1 Å². The van der Waals surface area contributed by atoms with E-state index >= 15 is 0 Å². The van der Waals surface area contributed by atoms with Gasteiger partial charge in [0.05, 0.1) is 20.8 Å². The molecule has 0 aliphatic heterocycles. The van der Waals surface area contributed by atoms with Crippen molar-refractivity contribution in [2.45, 2.75) is 13.8 Å². The highest BCUT2D eigenvalue weighted by molar-refractivity contribution is 5.99. The van der Waals surface area contributed by atoms with Crippen LogP contribution in [0.25, 0.3) is 0 Å². The molecule has 0 bridgehead atoms. The molecule has 0 N–H and O–H groups in total. The zero-order chi connectivity index (χ0) is 15.9. The third kappa shape index (κ3) is 4.11. The molecule has 6 nitrogen and oxygen atoms in total. The van der Waals surface area contributed by atoms with Crippen LogP contribution in [0, 0.1) is 5.41 Å². The summed E-state index contributed by atoms with van der Waals surface area (Å²) < 4.78 is 20.1. The summed E-state index contributed by atoms with van der Waals surface area (Å²) in [5.41, 5.74) is -1.51. The van der Waals surface area contributed by atoms with Crippen molar-refractivity contribution >= 4 is 11.9 Å². The Balaban J connectivity index is 2.77. The van der Waals surface area contributed by atoms with Crippen LogP contribution in [0.3, 0.4) is 0 Å². The molecule has 0 amide bonds. The van der Waals surface area contributed by atoms with Gasteiger partial charge in [0.25, 0.3) is 0 Å². The molecule has 0 fully saturated rings. The molecule has 1 aromatic rings. The summed E-state index contributed by atoms with van der Waals surface area (Å²) in [4.78, 5) is 23.5. The Morgan fingerprint density at radius 1 is 0.952 bits per heavy atom. The van der Waals surface area contributed by atoms with Crippen LogP contribution in [0.4, 0.5) is 0 Å². The zero-order valence-electron chi connectivity index (χ0n) is 12.7. The first-order valence-corrected chi connectivity index (χ1v) is 6.50. The van der Waals surface area contributed by atoms with E-state index < -0.39 is 17.4 Å². The number of esters is 2. The molecule has 0 heterocycles. The Kier molecular flexibility index (Phi) is 6.02. The van der Waals surface area contributed by atoms with Crippen molar-refractivity contribution in [1.29, 1.82) is 0 Å². The van der Waals surface area contributed by atoms with Gasteiger partial charge in [-0.15, -0.1) is 0 Å². The second-order valence-corrected chi connectivity index (χ2v) is 4.51. The number of benzene rings is 1. The van der Waals surface area contributed by atoms with Crippen LogP contribution in [0.5, 0.6) is 11.5 Å². The standard InChI is InChI=1S/C15H20O6/c1-5-20-11-6-8-12(9-7-11)21-10-15(2,13(16)18-3)14(17)19-4/h6-9H,5,10H2,1-4H3. The van der Waals surface area contributed by atoms with E-state index in [1.54, 1.807) is 24.3 Å². The van der Waals surface area contributed by atoms with Gasteiger partial charge < -0.3 is 18.9 Å². The van der Waals surface area contributed by atoms with Gasteiger partial charge in [0, 0.05) is 0 Å². The first kappa shape index (κ1) is 16.8. The highest BCUT2D eigenvalue weighted by Crippen LogP contribution is 2.24. The first-order valence-electron chi connectivity index (χ1n) is 6.50. The number of rotatable bonds is 7. The maximum Gasteiger partial charge on any atom is 0.326 e. The minimum Gasteiger partial charge on any atom is -0.494 e. The van der Waals surface area contributed by atoms with Crippen LogP contribution in [0.1, 0.15) is 13.8 Å². The van der Waals surface area contributed by atoms with Crippen molar-refractivity contribution in [3.05, 3.63) is 24.3 Å². The quantitative estimate of drug-likeness (QED) is 0.564. The van der Waals surface area contributed by atoms with Gasteiger partial charge in [0.1, 0.15) is 18.1 Å². The molecule has 0 radical (unpaired) electrons. The predicted molar refractivity (Wildman–Crippen MR) is 75.2 cm³/mol. The lowest BCUT2D eigenvalue weighted by Crippen LogP contribution is -2.43. The fourth-order valence-corrected chi connectivity index (χ4v) is 1.68. The molecule has 0 atom stereocenters. The van der Waals surface area contributed by atoms with Crippen LogP contribution in [-0.2, 0) is 19.1 Å². The predicted octanol–water partition coefficient (Wildman–Crippen LogP) is 1.82. The van der Waals surface area contributed by atoms with Crippen LogP contribution in [0.2, 0.25) is 0 Å². The largest absolute Gasteiger partial charge is 0.494 e.